The molecule has 2 heteroatoms. The molecule has 2 fully saturated rings. The molecule has 88 valence electrons. The van der Waals surface area contributed by atoms with Crippen molar-refractivity contribution in [2.75, 3.05) is 7.11 Å². The summed E-state index contributed by atoms with van der Waals surface area (Å²) in [6.45, 7) is 2.32. The van der Waals surface area contributed by atoms with Gasteiger partial charge in [-0.2, -0.15) is 0 Å². The Labute approximate surface area is 97.1 Å². The highest BCUT2D eigenvalue weighted by Crippen LogP contribution is 2.59. The Bertz CT molecular complexity index is 371. The Kier molecular flexibility index (Phi) is 2.10. The van der Waals surface area contributed by atoms with Crippen LogP contribution in [0.3, 0.4) is 0 Å². The van der Waals surface area contributed by atoms with Gasteiger partial charge in [0, 0.05) is 18.9 Å². The summed E-state index contributed by atoms with van der Waals surface area (Å²) in [5.74, 6) is 0.991. The summed E-state index contributed by atoms with van der Waals surface area (Å²) < 4.78 is 5.53. The second kappa shape index (κ2) is 3.19. The number of carbonyl (C=O) groups is 1. The topological polar surface area (TPSA) is 26.3 Å². The number of hydrogen-bond acceptors (Lipinski definition) is 2. The van der Waals surface area contributed by atoms with Gasteiger partial charge in [-0.15, -0.1) is 0 Å². The average Bonchev–Trinajstić information content (AvgIpc) is 2.30. The summed E-state index contributed by atoms with van der Waals surface area (Å²) in [7, 11) is 1.68. The lowest BCUT2D eigenvalue weighted by Crippen LogP contribution is -2.55. The summed E-state index contributed by atoms with van der Waals surface area (Å²) in [6, 6.07) is 0. The van der Waals surface area contributed by atoms with E-state index in [0.29, 0.717) is 11.7 Å². The first kappa shape index (κ1) is 10.5. The van der Waals surface area contributed by atoms with Gasteiger partial charge in [0.25, 0.3) is 0 Å². The zero-order valence-corrected chi connectivity index (χ0v) is 10.2. The number of allylic oxidation sites excluding steroid dienone is 1. The number of fused-ring (bicyclic) bond motifs is 2. The van der Waals surface area contributed by atoms with Crippen molar-refractivity contribution >= 4 is 5.78 Å². The first-order chi connectivity index (χ1) is 7.63. The molecule has 0 aromatic heterocycles. The lowest BCUT2D eigenvalue weighted by Gasteiger charge is -2.55. The molecule has 2 nitrogen and oxygen atoms in total. The number of carbonyl (C=O) groups excluding carboxylic acids is 1. The molecule has 1 spiro atoms. The van der Waals surface area contributed by atoms with E-state index in [4.69, 9.17) is 4.74 Å². The summed E-state index contributed by atoms with van der Waals surface area (Å²) >= 11 is 0. The largest absolute Gasteiger partial charge is 0.366 e. The molecule has 3 atom stereocenters. The lowest BCUT2D eigenvalue weighted by atomic mass is 9.50. The molecular weight excluding hydrogens is 200 g/mol. The molecule has 1 unspecified atom stereocenters. The van der Waals surface area contributed by atoms with E-state index in [2.05, 4.69) is 13.0 Å². The summed E-state index contributed by atoms with van der Waals surface area (Å²) in [6.07, 6.45) is 8.71. The van der Waals surface area contributed by atoms with E-state index >= 15 is 0 Å². The third-order valence-corrected chi connectivity index (χ3v) is 5.33. The van der Waals surface area contributed by atoms with Crippen molar-refractivity contribution in [1.82, 2.24) is 0 Å². The molecule has 0 heterocycles. The van der Waals surface area contributed by atoms with Crippen molar-refractivity contribution in [3.8, 4) is 0 Å². The minimum Gasteiger partial charge on any atom is -0.366 e. The minimum absolute atomic E-state index is 0.218. The molecule has 0 radical (unpaired) electrons. The van der Waals surface area contributed by atoms with E-state index < -0.39 is 5.60 Å². The lowest BCUT2D eigenvalue weighted by molar-refractivity contribution is -0.149. The molecule has 4 rings (SSSR count). The summed E-state index contributed by atoms with van der Waals surface area (Å²) in [5, 5.41) is 0. The highest BCUT2D eigenvalue weighted by molar-refractivity contribution is 5.93. The van der Waals surface area contributed by atoms with Crippen LogP contribution in [0.1, 0.15) is 45.4 Å². The van der Waals surface area contributed by atoms with Gasteiger partial charge < -0.3 is 4.74 Å². The van der Waals surface area contributed by atoms with Crippen molar-refractivity contribution in [2.45, 2.75) is 51.0 Å². The maximum Gasteiger partial charge on any atom is 0.169 e. The predicted octanol–water partition coefficient (Wildman–Crippen LogP) is 2.87. The SMILES string of the molecule is CO[C@]12C=C3CCCC(C)[C@@]3(CC1)CC2=O. The number of Topliss-reactive ketones (excluding diaryl/α,β-unsaturated/α-hetero) is 1. The van der Waals surface area contributed by atoms with Gasteiger partial charge in [0.05, 0.1) is 0 Å². The number of hydrogen-bond donors (Lipinski definition) is 0. The molecule has 0 aromatic carbocycles. The van der Waals surface area contributed by atoms with E-state index in [1.54, 1.807) is 7.11 Å². The van der Waals surface area contributed by atoms with Crippen LogP contribution in [0, 0.1) is 11.3 Å². The average molecular weight is 220 g/mol. The van der Waals surface area contributed by atoms with Crippen LogP contribution in [0.25, 0.3) is 0 Å². The van der Waals surface area contributed by atoms with Crippen LogP contribution in [0.15, 0.2) is 11.6 Å². The van der Waals surface area contributed by atoms with Gasteiger partial charge in [-0.25, -0.2) is 0 Å². The van der Waals surface area contributed by atoms with Crippen LogP contribution in [0.5, 0.6) is 0 Å². The third-order valence-electron chi connectivity index (χ3n) is 5.33. The fourth-order valence-corrected chi connectivity index (χ4v) is 4.13. The number of rotatable bonds is 1. The van der Waals surface area contributed by atoms with Crippen LogP contribution >= 0.6 is 0 Å². The fourth-order valence-electron chi connectivity index (χ4n) is 4.13. The molecule has 4 aliphatic carbocycles. The van der Waals surface area contributed by atoms with E-state index in [-0.39, 0.29) is 5.41 Å². The van der Waals surface area contributed by atoms with Gasteiger partial charge >= 0.3 is 0 Å². The zero-order valence-electron chi connectivity index (χ0n) is 10.2. The molecule has 16 heavy (non-hydrogen) atoms. The van der Waals surface area contributed by atoms with Crippen LogP contribution in [0.2, 0.25) is 0 Å². The van der Waals surface area contributed by atoms with Gasteiger partial charge in [0.15, 0.2) is 5.78 Å². The number of ether oxygens (including phenoxy) is 1. The van der Waals surface area contributed by atoms with Crippen molar-refractivity contribution in [1.29, 1.82) is 0 Å². The molecule has 0 aliphatic heterocycles. The summed E-state index contributed by atoms with van der Waals surface area (Å²) in [4.78, 5) is 12.2. The minimum atomic E-state index is -0.547. The second-order valence-electron chi connectivity index (χ2n) is 5.81. The van der Waals surface area contributed by atoms with E-state index in [0.717, 1.165) is 19.3 Å². The molecule has 2 bridgehead atoms. The zero-order chi connectivity index (χ0) is 11.4. The van der Waals surface area contributed by atoms with Gasteiger partial charge in [0.1, 0.15) is 5.60 Å². The van der Waals surface area contributed by atoms with Gasteiger partial charge in [-0.1, -0.05) is 12.5 Å². The smallest absolute Gasteiger partial charge is 0.169 e. The standard InChI is InChI=1S/C14H20O2/c1-10-4-3-5-11-8-14(16-2)7-6-13(10,11)9-12(14)15/h8,10H,3-7,9H2,1-2H3/t10?,13-,14+/m1/s1. The van der Waals surface area contributed by atoms with E-state index in [1.165, 1.54) is 24.8 Å². The van der Waals surface area contributed by atoms with Crippen LogP contribution in [-0.4, -0.2) is 18.5 Å². The van der Waals surface area contributed by atoms with Crippen molar-refractivity contribution in [3.63, 3.8) is 0 Å². The Morgan fingerprint density at radius 3 is 2.94 bits per heavy atom. The van der Waals surface area contributed by atoms with Crippen molar-refractivity contribution in [3.05, 3.63) is 11.6 Å². The highest BCUT2D eigenvalue weighted by Gasteiger charge is 2.57. The monoisotopic (exact) mass is 220 g/mol. The van der Waals surface area contributed by atoms with Crippen LogP contribution < -0.4 is 0 Å². The molecule has 0 saturated heterocycles. The normalized spacial score (nSPS) is 46.5. The Morgan fingerprint density at radius 1 is 1.44 bits per heavy atom. The molecule has 4 aliphatic rings. The number of ketones is 1. The molecule has 0 N–H and O–H groups in total. The Hall–Kier alpha value is -0.630. The second-order valence-corrected chi connectivity index (χ2v) is 5.81. The fraction of sp³-hybridized carbons (Fsp3) is 0.786. The Balaban J connectivity index is 2.10. The maximum atomic E-state index is 12.2. The van der Waals surface area contributed by atoms with Crippen LogP contribution in [-0.2, 0) is 9.53 Å². The van der Waals surface area contributed by atoms with E-state index in [1.807, 2.05) is 0 Å². The molecule has 2 saturated carbocycles. The highest BCUT2D eigenvalue weighted by atomic mass is 16.5. The van der Waals surface area contributed by atoms with Crippen LogP contribution in [0.4, 0.5) is 0 Å². The molecule has 0 amide bonds. The van der Waals surface area contributed by atoms with Crippen molar-refractivity contribution in [2.24, 2.45) is 11.3 Å². The molecular formula is C14H20O2. The Morgan fingerprint density at radius 2 is 2.25 bits per heavy atom. The van der Waals surface area contributed by atoms with Gasteiger partial charge in [-0.05, 0) is 44.1 Å². The van der Waals surface area contributed by atoms with Gasteiger partial charge in [-0.3, -0.25) is 4.79 Å². The predicted molar refractivity (Wildman–Crippen MR) is 62.1 cm³/mol. The quantitative estimate of drug-likeness (QED) is 0.635. The molecule has 0 aromatic rings. The summed E-state index contributed by atoms with van der Waals surface area (Å²) in [5.41, 5.74) is 1.20. The maximum absolute atomic E-state index is 12.2. The first-order valence-electron chi connectivity index (χ1n) is 6.44. The van der Waals surface area contributed by atoms with Gasteiger partial charge in [0.2, 0.25) is 0 Å². The van der Waals surface area contributed by atoms with E-state index in [9.17, 15) is 4.79 Å². The van der Waals surface area contributed by atoms with Crippen molar-refractivity contribution < 1.29 is 9.53 Å². The first-order valence-corrected chi connectivity index (χ1v) is 6.44. The third kappa shape index (κ3) is 1.09. The number of methoxy groups -OCH3 is 1.